The van der Waals surface area contributed by atoms with Gasteiger partial charge in [-0.15, -0.1) is 0 Å². The van der Waals surface area contributed by atoms with E-state index in [1.165, 1.54) is 0 Å². The molecular weight excluding hydrogens is 272 g/mol. The summed E-state index contributed by atoms with van der Waals surface area (Å²) in [6.45, 7) is 8.84. The summed E-state index contributed by atoms with van der Waals surface area (Å²) in [5.74, 6) is -0.0334. The Kier molecular flexibility index (Phi) is 5.22. The highest BCUT2D eigenvalue weighted by Gasteiger charge is 2.37. The summed E-state index contributed by atoms with van der Waals surface area (Å²) >= 11 is 0. The molecule has 1 unspecified atom stereocenters. The van der Waals surface area contributed by atoms with Gasteiger partial charge in [-0.1, -0.05) is 0 Å². The molecule has 0 N–H and O–H groups in total. The lowest BCUT2D eigenvalue weighted by Crippen LogP contribution is -2.51. The zero-order valence-electron chi connectivity index (χ0n) is 13.3. The third-order valence-electron chi connectivity index (χ3n) is 3.81. The summed E-state index contributed by atoms with van der Waals surface area (Å²) in [5.41, 5.74) is -0.348. The van der Waals surface area contributed by atoms with Crippen molar-refractivity contribution in [2.24, 2.45) is 0 Å². The molecule has 2 amide bonds. The van der Waals surface area contributed by atoms with Crippen molar-refractivity contribution in [3.8, 4) is 0 Å². The summed E-state index contributed by atoms with van der Waals surface area (Å²) in [6.07, 6.45) is 1.62. The van der Waals surface area contributed by atoms with E-state index in [0.717, 1.165) is 12.8 Å². The van der Waals surface area contributed by atoms with Gasteiger partial charge in [-0.05, 0) is 33.6 Å². The van der Waals surface area contributed by atoms with Gasteiger partial charge < -0.3 is 19.3 Å². The Balaban J connectivity index is 1.92. The van der Waals surface area contributed by atoms with Gasteiger partial charge in [0.25, 0.3) is 0 Å². The van der Waals surface area contributed by atoms with Gasteiger partial charge in [0.15, 0.2) is 0 Å². The van der Waals surface area contributed by atoms with E-state index in [-0.39, 0.29) is 30.1 Å². The SMILES string of the molecule is CC(C)(C)OCC(=O)N1CCCC1C(=O)N1CCOCC1. The van der Waals surface area contributed by atoms with Gasteiger partial charge in [-0.25, -0.2) is 0 Å². The lowest BCUT2D eigenvalue weighted by Gasteiger charge is -2.33. The molecule has 2 saturated heterocycles. The van der Waals surface area contributed by atoms with E-state index in [4.69, 9.17) is 9.47 Å². The molecule has 2 aliphatic heterocycles. The summed E-state index contributed by atoms with van der Waals surface area (Å²) in [4.78, 5) is 28.3. The Labute approximate surface area is 126 Å². The molecule has 2 aliphatic rings. The minimum atomic E-state index is -0.348. The van der Waals surface area contributed by atoms with Crippen LogP contribution in [0.4, 0.5) is 0 Å². The molecule has 2 heterocycles. The van der Waals surface area contributed by atoms with E-state index in [1.807, 2.05) is 25.7 Å². The van der Waals surface area contributed by atoms with Crippen molar-refractivity contribution in [3.63, 3.8) is 0 Å². The van der Waals surface area contributed by atoms with Crippen molar-refractivity contribution in [2.75, 3.05) is 39.5 Å². The summed E-state index contributed by atoms with van der Waals surface area (Å²) in [6, 6.07) is -0.320. The Hall–Kier alpha value is -1.14. The van der Waals surface area contributed by atoms with Gasteiger partial charge in [0, 0.05) is 19.6 Å². The molecule has 120 valence electrons. The first-order valence-corrected chi connectivity index (χ1v) is 7.68. The van der Waals surface area contributed by atoms with Crippen molar-refractivity contribution < 1.29 is 19.1 Å². The molecule has 0 radical (unpaired) electrons. The van der Waals surface area contributed by atoms with Crippen LogP contribution >= 0.6 is 0 Å². The molecule has 0 aliphatic carbocycles. The van der Waals surface area contributed by atoms with E-state index in [9.17, 15) is 9.59 Å². The quantitative estimate of drug-likeness (QED) is 0.768. The van der Waals surface area contributed by atoms with Crippen LogP contribution in [0.1, 0.15) is 33.6 Å². The fourth-order valence-corrected chi connectivity index (χ4v) is 2.68. The molecule has 6 nitrogen and oxygen atoms in total. The van der Waals surface area contributed by atoms with Crippen molar-refractivity contribution in [1.82, 2.24) is 9.80 Å². The monoisotopic (exact) mass is 298 g/mol. The van der Waals surface area contributed by atoms with Crippen molar-refractivity contribution >= 4 is 11.8 Å². The smallest absolute Gasteiger partial charge is 0.249 e. The van der Waals surface area contributed by atoms with E-state index >= 15 is 0 Å². The zero-order chi connectivity index (χ0) is 15.5. The molecule has 0 aromatic heterocycles. The topological polar surface area (TPSA) is 59.1 Å². The highest BCUT2D eigenvalue weighted by Crippen LogP contribution is 2.21. The maximum atomic E-state index is 12.6. The number of morpholine rings is 1. The Morgan fingerprint density at radius 1 is 1.19 bits per heavy atom. The van der Waals surface area contributed by atoms with Crippen LogP contribution in [0.25, 0.3) is 0 Å². The fraction of sp³-hybridized carbons (Fsp3) is 0.867. The average molecular weight is 298 g/mol. The number of carbonyl (C=O) groups is 2. The lowest BCUT2D eigenvalue weighted by atomic mass is 10.1. The molecular formula is C15H26N2O4. The number of hydrogen-bond acceptors (Lipinski definition) is 4. The van der Waals surface area contributed by atoms with Crippen LogP contribution in [0.3, 0.4) is 0 Å². The predicted molar refractivity (Wildman–Crippen MR) is 77.8 cm³/mol. The Bertz CT molecular complexity index is 386. The molecule has 2 rings (SSSR count). The molecule has 0 spiro atoms. The van der Waals surface area contributed by atoms with E-state index in [2.05, 4.69) is 0 Å². The second kappa shape index (κ2) is 6.75. The van der Waals surface area contributed by atoms with Gasteiger partial charge in [0.05, 0.1) is 18.8 Å². The van der Waals surface area contributed by atoms with Crippen LogP contribution in [-0.4, -0.2) is 72.7 Å². The van der Waals surface area contributed by atoms with Gasteiger partial charge in [-0.3, -0.25) is 9.59 Å². The number of rotatable bonds is 3. The zero-order valence-corrected chi connectivity index (χ0v) is 13.3. The van der Waals surface area contributed by atoms with Gasteiger partial charge in [0.1, 0.15) is 12.6 Å². The molecule has 0 aromatic rings. The minimum absolute atomic E-state index is 0.0381. The first-order chi connectivity index (χ1) is 9.88. The number of carbonyl (C=O) groups excluding carboxylic acids is 2. The number of likely N-dealkylation sites (tertiary alicyclic amines) is 1. The van der Waals surface area contributed by atoms with E-state index < -0.39 is 0 Å². The van der Waals surface area contributed by atoms with Gasteiger partial charge in [-0.2, -0.15) is 0 Å². The third kappa shape index (κ3) is 4.41. The maximum Gasteiger partial charge on any atom is 0.249 e. The van der Waals surface area contributed by atoms with Crippen molar-refractivity contribution in [3.05, 3.63) is 0 Å². The maximum absolute atomic E-state index is 12.6. The minimum Gasteiger partial charge on any atom is -0.378 e. The van der Waals surface area contributed by atoms with Crippen LogP contribution in [-0.2, 0) is 19.1 Å². The average Bonchev–Trinajstić information content (AvgIpc) is 2.93. The normalized spacial score (nSPS) is 23.5. The summed E-state index contributed by atoms with van der Waals surface area (Å²) in [5, 5.41) is 0. The standard InChI is InChI=1S/C15H26N2O4/c1-15(2,3)21-11-13(18)17-6-4-5-12(17)14(19)16-7-9-20-10-8-16/h12H,4-11H2,1-3H3. The van der Waals surface area contributed by atoms with Crippen molar-refractivity contribution in [2.45, 2.75) is 45.3 Å². The lowest BCUT2D eigenvalue weighted by molar-refractivity contribution is -0.150. The first kappa shape index (κ1) is 16.2. The van der Waals surface area contributed by atoms with Gasteiger partial charge >= 0.3 is 0 Å². The molecule has 1 atom stereocenters. The first-order valence-electron chi connectivity index (χ1n) is 7.68. The van der Waals surface area contributed by atoms with E-state index in [1.54, 1.807) is 4.90 Å². The molecule has 6 heteroatoms. The second-order valence-electron chi connectivity index (χ2n) is 6.58. The highest BCUT2D eigenvalue weighted by atomic mass is 16.5. The largest absolute Gasteiger partial charge is 0.378 e. The van der Waals surface area contributed by atoms with Crippen LogP contribution in [0.2, 0.25) is 0 Å². The van der Waals surface area contributed by atoms with Gasteiger partial charge in [0.2, 0.25) is 11.8 Å². The highest BCUT2D eigenvalue weighted by molar-refractivity contribution is 5.88. The number of nitrogens with zero attached hydrogens (tertiary/aromatic N) is 2. The van der Waals surface area contributed by atoms with Crippen LogP contribution in [0.15, 0.2) is 0 Å². The molecule has 0 aromatic carbocycles. The summed E-state index contributed by atoms with van der Waals surface area (Å²) in [7, 11) is 0. The number of amides is 2. The van der Waals surface area contributed by atoms with Crippen molar-refractivity contribution in [1.29, 1.82) is 0 Å². The van der Waals surface area contributed by atoms with Crippen LogP contribution in [0, 0.1) is 0 Å². The third-order valence-corrected chi connectivity index (χ3v) is 3.81. The Morgan fingerprint density at radius 2 is 1.86 bits per heavy atom. The molecule has 2 fully saturated rings. The van der Waals surface area contributed by atoms with Crippen LogP contribution < -0.4 is 0 Å². The van der Waals surface area contributed by atoms with E-state index in [0.29, 0.717) is 32.8 Å². The predicted octanol–water partition coefficient (Wildman–Crippen LogP) is 0.651. The summed E-state index contributed by atoms with van der Waals surface area (Å²) < 4.78 is 10.8. The second-order valence-corrected chi connectivity index (χ2v) is 6.58. The number of ether oxygens (including phenoxy) is 2. The van der Waals surface area contributed by atoms with Crippen LogP contribution in [0.5, 0.6) is 0 Å². The Morgan fingerprint density at radius 3 is 2.48 bits per heavy atom. The number of hydrogen-bond donors (Lipinski definition) is 0. The molecule has 0 saturated carbocycles. The molecule has 0 bridgehead atoms. The molecule has 21 heavy (non-hydrogen) atoms. The fourth-order valence-electron chi connectivity index (χ4n) is 2.68.